The maximum absolute atomic E-state index is 12.0. The number of unbranched alkanes of at least 4 members (excludes halogenated alkanes) is 2. The minimum absolute atomic E-state index is 0.132. The van der Waals surface area contributed by atoms with Gasteiger partial charge in [0.25, 0.3) is 0 Å². The molecule has 0 amide bonds. The van der Waals surface area contributed by atoms with Crippen LogP contribution in [0.4, 0.5) is 0 Å². The normalized spacial score (nSPS) is 11.8. The molecule has 0 bridgehead atoms. The highest BCUT2D eigenvalue weighted by molar-refractivity contribution is 5.76. The topological polar surface area (TPSA) is 96.0 Å². The smallest absolute Gasteiger partial charge is 0.306 e. The van der Waals surface area contributed by atoms with Gasteiger partial charge in [-0.3, -0.25) is 9.59 Å². The van der Waals surface area contributed by atoms with Crippen molar-refractivity contribution in [2.45, 2.75) is 117 Å². The molecule has 0 fully saturated rings. The fourth-order valence-corrected chi connectivity index (χ4v) is 2.82. The summed E-state index contributed by atoms with van der Waals surface area (Å²) in [5.41, 5.74) is -1.11. The molecule has 0 spiro atoms. The lowest BCUT2D eigenvalue weighted by atomic mass is 10.0. The van der Waals surface area contributed by atoms with Crippen LogP contribution in [0.3, 0.4) is 0 Å². The predicted octanol–water partition coefficient (Wildman–Crippen LogP) is 4.73. The Morgan fingerprint density at radius 1 is 0.613 bits per heavy atom. The number of hydrogen-bond donors (Lipinski definition) is 0. The van der Waals surface area contributed by atoms with Crippen LogP contribution in [-0.2, 0) is 33.4 Å². The maximum atomic E-state index is 12.0. The van der Waals surface area contributed by atoms with Gasteiger partial charge < -0.3 is 23.8 Å². The molecule has 7 nitrogen and oxygen atoms in total. The first-order valence-corrected chi connectivity index (χ1v) is 11.3. The van der Waals surface area contributed by atoms with Crippen molar-refractivity contribution in [2.24, 2.45) is 0 Å². The zero-order valence-corrected chi connectivity index (χ0v) is 20.3. The molecule has 0 saturated heterocycles. The van der Waals surface area contributed by atoms with E-state index in [4.69, 9.17) is 14.2 Å². The number of ketones is 2. The Kier molecular flexibility index (Phi) is 14.3. The summed E-state index contributed by atoms with van der Waals surface area (Å²) in [5.74, 6) is -0.249. The number of ether oxygens (including phenoxy) is 3. The van der Waals surface area contributed by atoms with Gasteiger partial charge in [0.1, 0.15) is 17.2 Å². The summed E-state index contributed by atoms with van der Waals surface area (Å²) in [7, 11) is 0. The highest BCUT2D eigenvalue weighted by Gasteiger charge is 2.25. The van der Waals surface area contributed by atoms with Gasteiger partial charge in [-0.2, -0.15) is 0 Å². The van der Waals surface area contributed by atoms with E-state index in [9.17, 15) is 19.2 Å². The average Bonchev–Trinajstić information content (AvgIpc) is 2.61. The largest absolute Gasteiger partial charge is 0.466 e. The molecule has 0 aromatic rings. The van der Waals surface area contributed by atoms with Crippen LogP contribution in [0.25, 0.3) is 0 Å². The molecule has 0 rings (SSSR count). The summed E-state index contributed by atoms with van der Waals surface area (Å²) in [5, 5.41) is 0. The van der Waals surface area contributed by atoms with Crippen molar-refractivity contribution in [3.05, 3.63) is 0 Å². The van der Waals surface area contributed by atoms with E-state index in [0.29, 0.717) is 70.8 Å². The lowest BCUT2D eigenvalue weighted by Gasteiger charge is -2.29. The third-order valence-electron chi connectivity index (χ3n) is 4.87. The van der Waals surface area contributed by atoms with Crippen molar-refractivity contribution in [2.75, 3.05) is 13.2 Å². The Hall–Kier alpha value is -1.76. The summed E-state index contributed by atoms with van der Waals surface area (Å²) in [6.07, 6.45) is 5.44. The predicted molar refractivity (Wildman–Crippen MR) is 119 cm³/mol. The van der Waals surface area contributed by atoms with E-state index in [2.05, 4.69) is 0 Å². The van der Waals surface area contributed by atoms with Crippen LogP contribution in [0.15, 0.2) is 0 Å². The number of Topliss-reactive ketones (excluding diaryl/α,β-unsaturated/α-hetero) is 2. The Balaban J connectivity index is 4.01. The van der Waals surface area contributed by atoms with Crippen LogP contribution < -0.4 is 0 Å². The highest BCUT2D eigenvalue weighted by Crippen LogP contribution is 2.20. The van der Waals surface area contributed by atoms with Gasteiger partial charge in [0.15, 0.2) is 0 Å². The highest BCUT2D eigenvalue weighted by atomic mass is 16.6. The molecule has 180 valence electrons. The molecule has 0 heterocycles. The number of carbonyl (C=O) groups is 4. The molecular weight excluding hydrogens is 400 g/mol. The van der Waals surface area contributed by atoms with Crippen LogP contribution >= 0.6 is 0 Å². The van der Waals surface area contributed by atoms with Gasteiger partial charge >= 0.3 is 11.9 Å². The van der Waals surface area contributed by atoms with Crippen molar-refractivity contribution in [3.63, 3.8) is 0 Å². The Bertz CT molecular complexity index is 578. The first-order valence-electron chi connectivity index (χ1n) is 11.3. The van der Waals surface area contributed by atoms with Crippen molar-refractivity contribution < 1.29 is 33.4 Å². The molecule has 0 radical (unpaired) electrons. The van der Waals surface area contributed by atoms with E-state index in [1.54, 1.807) is 13.8 Å². The molecule has 7 heteroatoms. The van der Waals surface area contributed by atoms with Crippen molar-refractivity contribution in [1.29, 1.82) is 0 Å². The third kappa shape index (κ3) is 18.7. The number of hydrogen-bond acceptors (Lipinski definition) is 7. The van der Waals surface area contributed by atoms with Gasteiger partial charge in [-0.25, -0.2) is 0 Å². The van der Waals surface area contributed by atoms with Gasteiger partial charge in [0, 0.05) is 38.5 Å². The molecule has 0 saturated carbocycles. The van der Waals surface area contributed by atoms with Gasteiger partial charge in [0.05, 0.1) is 18.8 Å². The molecule has 0 aromatic heterocycles. The quantitative estimate of drug-likeness (QED) is 0.224. The van der Waals surface area contributed by atoms with Gasteiger partial charge in [0.2, 0.25) is 0 Å². The number of rotatable bonds is 18. The summed E-state index contributed by atoms with van der Waals surface area (Å²) in [6, 6.07) is 0. The summed E-state index contributed by atoms with van der Waals surface area (Å²) in [4.78, 5) is 45.5. The van der Waals surface area contributed by atoms with E-state index >= 15 is 0 Å². The molecule has 31 heavy (non-hydrogen) atoms. The summed E-state index contributed by atoms with van der Waals surface area (Å²) < 4.78 is 16.7. The zero-order valence-electron chi connectivity index (χ0n) is 20.3. The number of carbonyl (C=O) groups excluding carboxylic acids is 4. The van der Waals surface area contributed by atoms with Crippen LogP contribution in [0.2, 0.25) is 0 Å². The fourth-order valence-electron chi connectivity index (χ4n) is 2.82. The SMILES string of the molecule is CC(=O)CCCCC(=O)OCCC(C)(C)OCCC(C)(C)OC(=O)CCCCC(C)=O. The van der Waals surface area contributed by atoms with Gasteiger partial charge in [-0.1, -0.05) is 0 Å². The second-order valence-corrected chi connectivity index (χ2v) is 9.38. The summed E-state index contributed by atoms with van der Waals surface area (Å²) >= 11 is 0. The van der Waals surface area contributed by atoms with Crippen LogP contribution in [0, 0.1) is 0 Å². The van der Waals surface area contributed by atoms with Crippen molar-refractivity contribution >= 4 is 23.5 Å². The molecule has 0 aliphatic rings. The standard InChI is InChI=1S/C24H42O7/c1-19(25)11-7-9-13-21(27)29-17-15-23(3,4)30-18-16-24(5,6)31-22(28)14-10-8-12-20(2)26/h7-18H2,1-6H3. The minimum atomic E-state index is -0.639. The van der Waals surface area contributed by atoms with E-state index in [0.717, 1.165) is 0 Å². The Labute approximate surface area is 187 Å². The van der Waals surface area contributed by atoms with Gasteiger partial charge in [-0.15, -0.1) is 0 Å². The maximum Gasteiger partial charge on any atom is 0.306 e. The van der Waals surface area contributed by atoms with E-state index in [1.165, 1.54) is 0 Å². The molecule has 0 aromatic carbocycles. The summed E-state index contributed by atoms with van der Waals surface area (Å²) in [6.45, 7) is 11.3. The second-order valence-electron chi connectivity index (χ2n) is 9.38. The minimum Gasteiger partial charge on any atom is -0.466 e. The van der Waals surface area contributed by atoms with Gasteiger partial charge in [-0.05, 0) is 67.2 Å². The monoisotopic (exact) mass is 442 g/mol. The van der Waals surface area contributed by atoms with Crippen molar-refractivity contribution in [1.82, 2.24) is 0 Å². The second kappa shape index (κ2) is 15.1. The molecule has 0 N–H and O–H groups in total. The average molecular weight is 443 g/mol. The molecule has 0 unspecified atom stereocenters. The third-order valence-corrected chi connectivity index (χ3v) is 4.87. The zero-order chi connectivity index (χ0) is 23.9. The Morgan fingerprint density at radius 2 is 1.06 bits per heavy atom. The van der Waals surface area contributed by atoms with Crippen LogP contribution in [0.1, 0.15) is 106 Å². The first-order chi connectivity index (χ1) is 14.3. The van der Waals surface area contributed by atoms with Crippen LogP contribution in [-0.4, -0.2) is 47.9 Å². The van der Waals surface area contributed by atoms with Crippen LogP contribution in [0.5, 0.6) is 0 Å². The molecule has 0 aliphatic carbocycles. The van der Waals surface area contributed by atoms with E-state index in [-0.39, 0.29) is 30.1 Å². The van der Waals surface area contributed by atoms with E-state index in [1.807, 2.05) is 27.7 Å². The molecule has 0 atom stereocenters. The molecular formula is C24H42O7. The number of esters is 2. The van der Waals surface area contributed by atoms with Crippen molar-refractivity contribution in [3.8, 4) is 0 Å². The molecule has 0 aliphatic heterocycles. The lowest BCUT2D eigenvalue weighted by Crippen LogP contribution is -2.33. The first kappa shape index (κ1) is 29.2. The van der Waals surface area contributed by atoms with E-state index < -0.39 is 11.2 Å². The Morgan fingerprint density at radius 3 is 1.58 bits per heavy atom. The fraction of sp³-hybridized carbons (Fsp3) is 0.833. The lowest BCUT2D eigenvalue weighted by molar-refractivity contribution is -0.159.